The average Bonchev–Trinajstić information content (AvgIpc) is 2.65. The van der Waals surface area contributed by atoms with Gasteiger partial charge in [-0.25, -0.2) is 0 Å². The molecular weight excluding hydrogens is 376 g/mol. The van der Waals surface area contributed by atoms with Crippen molar-refractivity contribution in [1.82, 2.24) is 4.90 Å². The van der Waals surface area contributed by atoms with Crippen molar-refractivity contribution >= 4 is 27.5 Å². The molecule has 3 aromatic carbocycles. The Morgan fingerprint density at radius 3 is 2.32 bits per heavy atom. The largest absolute Gasteiger partial charge is 0.361 e. The fraction of sp³-hybridized carbons (Fsp3) is 0.0952. The third-order valence-corrected chi connectivity index (χ3v) is 4.93. The quantitative estimate of drug-likeness (QED) is 0.662. The minimum absolute atomic E-state index is 0.0473. The van der Waals surface area contributed by atoms with Crippen LogP contribution in [0.25, 0.3) is 0 Å². The highest BCUT2D eigenvalue weighted by molar-refractivity contribution is 9.10. The van der Waals surface area contributed by atoms with Crippen LogP contribution < -0.4 is 5.32 Å². The first kappa shape index (κ1) is 15.9. The lowest BCUT2D eigenvalue weighted by molar-refractivity contribution is 0.0666. The number of rotatable bonds is 3. The highest BCUT2D eigenvalue weighted by Crippen LogP contribution is 2.34. The molecule has 1 amide bonds. The van der Waals surface area contributed by atoms with Crippen LogP contribution in [0.2, 0.25) is 0 Å². The number of halogens is 1. The molecule has 4 heteroatoms. The molecule has 124 valence electrons. The Morgan fingerprint density at radius 2 is 1.56 bits per heavy atom. The summed E-state index contributed by atoms with van der Waals surface area (Å²) in [5.41, 5.74) is 3.76. The molecule has 0 saturated carbocycles. The van der Waals surface area contributed by atoms with E-state index in [-0.39, 0.29) is 12.1 Å². The Balaban J connectivity index is 1.75. The second-order valence-corrected chi connectivity index (χ2v) is 6.98. The van der Waals surface area contributed by atoms with Crippen LogP contribution in [0.4, 0.5) is 5.69 Å². The van der Waals surface area contributed by atoms with Gasteiger partial charge in [0.2, 0.25) is 0 Å². The topological polar surface area (TPSA) is 32.3 Å². The molecule has 0 aliphatic carbocycles. The molecule has 0 bridgehead atoms. The van der Waals surface area contributed by atoms with Crippen LogP contribution in [0.5, 0.6) is 0 Å². The van der Waals surface area contributed by atoms with Crippen molar-refractivity contribution < 1.29 is 4.79 Å². The fourth-order valence-corrected chi connectivity index (χ4v) is 3.41. The highest BCUT2D eigenvalue weighted by atomic mass is 79.9. The van der Waals surface area contributed by atoms with E-state index in [1.807, 2.05) is 83.8 Å². The molecule has 0 fully saturated rings. The molecule has 1 heterocycles. The van der Waals surface area contributed by atoms with Crippen molar-refractivity contribution in [3.8, 4) is 0 Å². The molecule has 4 rings (SSSR count). The van der Waals surface area contributed by atoms with E-state index in [9.17, 15) is 4.79 Å². The van der Waals surface area contributed by atoms with Crippen molar-refractivity contribution in [2.45, 2.75) is 12.7 Å². The van der Waals surface area contributed by atoms with Gasteiger partial charge in [0.1, 0.15) is 6.17 Å². The average molecular weight is 393 g/mol. The summed E-state index contributed by atoms with van der Waals surface area (Å²) in [5.74, 6) is 0.0473. The monoisotopic (exact) mass is 392 g/mol. The number of nitrogens with one attached hydrogen (secondary N) is 1. The van der Waals surface area contributed by atoms with Gasteiger partial charge in [0.15, 0.2) is 0 Å². The predicted octanol–water partition coefficient (Wildman–Crippen LogP) is 5.22. The minimum Gasteiger partial charge on any atom is -0.361 e. The second-order valence-electron chi connectivity index (χ2n) is 6.06. The Hall–Kier alpha value is -2.59. The zero-order chi connectivity index (χ0) is 17.2. The van der Waals surface area contributed by atoms with Crippen LogP contribution in [0.1, 0.15) is 27.7 Å². The zero-order valence-corrected chi connectivity index (χ0v) is 15.1. The van der Waals surface area contributed by atoms with Crippen molar-refractivity contribution in [3.05, 3.63) is 100 Å². The molecule has 1 aliphatic heterocycles. The first-order valence-electron chi connectivity index (χ1n) is 8.18. The Bertz CT molecular complexity index is 893. The maximum absolute atomic E-state index is 13.1. The number of para-hydroxylation sites is 1. The van der Waals surface area contributed by atoms with Crippen molar-refractivity contribution in [1.29, 1.82) is 0 Å². The normalized spacial score (nSPS) is 16.3. The summed E-state index contributed by atoms with van der Waals surface area (Å²) >= 11 is 3.48. The summed E-state index contributed by atoms with van der Waals surface area (Å²) in [5, 5.41) is 3.52. The predicted molar refractivity (Wildman–Crippen MR) is 103 cm³/mol. The molecule has 0 spiro atoms. The first-order chi connectivity index (χ1) is 12.2. The molecule has 3 aromatic rings. The zero-order valence-electron chi connectivity index (χ0n) is 13.5. The molecule has 1 N–H and O–H groups in total. The van der Waals surface area contributed by atoms with Gasteiger partial charge in [-0.05, 0) is 35.4 Å². The van der Waals surface area contributed by atoms with E-state index >= 15 is 0 Å². The molecule has 1 aliphatic rings. The summed E-state index contributed by atoms with van der Waals surface area (Å²) < 4.78 is 1.02. The van der Waals surface area contributed by atoms with Crippen LogP contribution in [-0.2, 0) is 6.54 Å². The van der Waals surface area contributed by atoms with Crippen LogP contribution in [0, 0.1) is 0 Å². The number of carbonyl (C=O) groups excluding carboxylic acids is 1. The number of carbonyl (C=O) groups is 1. The lowest BCUT2D eigenvalue weighted by atomic mass is 10.0. The molecule has 0 radical (unpaired) electrons. The Kier molecular flexibility index (Phi) is 4.28. The number of anilines is 1. The molecular formula is C21H17BrN2O. The van der Waals surface area contributed by atoms with E-state index in [2.05, 4.69) is 21.2 Å². The number of nitrogens with zero attached hydrogens (tertiary/aromatic N) is 1. The second kappa shape index (κ2) is 6.73. The summed E-state index contributed by atoms with van der Waals surface area (Å²) in [6, 6.07) is 25.9. The SMILES string of the molecule is O=C1c2ccccc2NC(c2ccc(Br)cc2)N1Cc1ccccc1. The third-order valence-electron chi connectivity index (χ3n) is 4.40. The standard InChI is InChI=1S/C21H17BrN2O/c22-17-12-10-16(11-13-17)20-23-19-9-5-4-8-18(19)21(25)24(20)14-15-6-2-1-3-7-15/h1-13,20,23H,14H2. The first-order valence-corrected chi connectivity index (χ1v) is 8.97. The van der Waals surface area contributed by atoms with Gasteiger partial charge in [-0.1, -0.05) is 70.5 Å². The third kappa shape index (κ3) is 3.17. The molecule has 0 aromatic heterocycles. The van der Waals surface area contributed by atoms with Crippen LogP contribution >= 0.6 is 15.9 Å². The minimum atomic E-state index is -0.198. The van der Waals surface area contributed by atoms with Crippen LogP contribution in [0.3, 0.4) is 0 Å². The maximum Gasteiger partial charge on any atom is 0.258 e. The number of benzene rings is 3. The van der Waals surface area contributed by atoms with Crippen LogP contribution in [0.15, 0.2) is 83.3 Å². The highest BCUT2D eigenvalue weighted by Gasteiger charge is 2.32. The lowest BCUT2D eigenvalue weighted by Gasteiger charge is -2.38. The van der Waals surface area contributed by atoms with Gasteiger partial charge in [-0.3, -0.25) is 4.79 Å². The number of fused-ring (bicyclic) bond motifs is 1. The van der Waals surface area contributed by atoms with Gasteiger partial charge in [0.05, 0.1) is 5.56 Å². The van der Waals surface area contributed by atoms with Gasteiger partial charge < -0.3 is 10.2 Å². The van der Waals surface area contributed by atoms with Gasteiger partial charge in [0.25, 0.3) is 5.91 Å². The Morgan fingerprint density at radius 1 is 0.880 bits per heavy atom. The summed E-state index contributed by atoms with van der Waals surface area (Å²) in [6.45, 7) is 0.557. The van der Waals surface area contributed by atoms with Gasteiger partial charge in [0, 0.05) is 16.7 Å². The van der Waals surface area contributed by atoms with E-state index in [0.717, 1.165) is 21.3 Å². The van der Waals surface area contributed by atoms with Crippen molar-refractivity contribution in [3.63, 3.8) is 0 Å². The van der Waals surface area contributed by atoms with E-state index < -0.39 is 0 Å². The number of hydrogen-bond donors (Lipinski definition) is 1. The van der Waals surface area contributed by atoms with E-state index in [1.165, 1.54) is 0 Å². The smallest absolute Gasteiger partial charge is 0.258 e. The van der Waals surface area contributed by atoms with Gasteiger partial charge in [-0.15, -0.1) is 0 Å². The van der Waals surface area contributed by atoms with E-state index in [1.54, 1.807) is 0 Å². The maximum atomic E-state index is 13.1. The van der Waals surface area contributed by atoms with Crippen molar-refractivity contribution in [2.24, 2.45) is 0 Å². The summed E-state index contributed by atoms with van der Waals surface area (Å²) in [4.78, 5) is 15.0. The van der Waals surface area contributed by atoms with E-state index in [4.69, 9.17) is 0 Å². The van der Waals surface area contributed by atoms with Crippen LogP contribution in [-0.4, -0.2) is 10.8 Å². The lowest BCUT2D eigenvalue weighted by Crippen LogP contribution is -2.42. The summed E-state index contributed by atoms with van der Waals surface area (Å²) in [6.07, 6.45) is -0.198. The van der Waals surface area contributed by atoms with Gasteiger partial charge >= 0.3 is 0 Å². The molecule has 1 atom stereocenters. The van der Waals surface area contributed by atoms with Crippen molar-refractivity contribution in [2.75, 3.05) is 5.32 Å². The Labute approximate surface area is 155 Å². The molecule has 0 saturated heterocycles. The summed E-state index contributed by atoms with van der Waals surface area (Å²) in [7, 11) is 0. The molecule has 25 heavy (non-hydrogen) atoms. The number of amides is 1. The molecule has 1 unspecified atom stereocenters. The van der Waals surface area contributed by atoms with Gasteiger partial charge in [-0.2, -0.15) is 0 Å². The molecule has 3 nitrogen and oxygen atoms in total. The van der Waals surface area contributed by atoms with E-state index in [0.29, 0.717) is 12.1 Å². The number of hydrogen-bond acceptors (Lipinski definition) is 2. The fourth-order valence-electron chi connectivity index (χ4n) is 3.14.